The van der Waals surface area contributed by atoms with Crippen molar-refractivity contribution in [1.82, 2.24) is 9.36 Å². The lowest BCUT2D eigenvalue weighted by atomic mass is 10.3. The van der Waals surface area contributed by atoms with E-state index in [1.165, 1.54) is 12.1 Å². The molecule has 0 N–H and O–H groups in total. The molecule has 5 nitrogen and oxygen atoms in total. The van der Waals surface area contributed by atoms with Gasteiger partial charge in [-0.05, 0) is 44.1 Å². The summed E-state index contributed by atoms with van der Waals surface area (Å²) < 4.78 is 23.2. The molecule has 0 aliphatic carbocycles. The standard InChI is InChI=1S/C15H17ClFN3O2S/c1-9(2)22-13-8-12(11(17)7-10(13)16)18-14-19-5-3-4-6-20(19)15(21)23-14/h7-9H,3-6H2,1-2H3. The van der Waals surface area contributed by atoms with Crippen LogP contribution in [0.25, 0.3) is 0 Å². The molecular weight excluding hydrogens is 341 g/mol. The third kappa shape index (κ3) is 3.35. The number of hydrogen-bond acceptors (Lipinski definition) is 4. The zero-order valence-corrected chi connectivity index (χ0v) is 14.5. The van der Waals surface area contributed by atoms with E-state index < -0.39 is 5.82 Å². The Morgan fingerprint density at radius 1 is 1.30 bits per heavy atom. The Balaban J connectivity index is 2.11. The highest BCUT2D eigenvalue weighted by molar-refractivity contribution is 7.06. The maximum Gasteiger partial charge on any atom is 0.325 e. The van der Waals surface area contributed by atoms with Crippen molar-refractivity contribution in [2.45, 2.75) is 45.9 Å². The fraction of sp³-hybridized carbons (Fsp3) is 0.467. The topological polar surface area (TPSA) is 48.5 Å². The Morgan fingerprint density at radius 2 is 2.00 bits per heavy atom. The van der Waals surface area contributed by atoms with E-state index in [4.69, 9.17) is 16.3 Å². The molecule has 1 aromatic heterocycles. The van der Waals surface area contributed by atoms with E-state index in [9.17, 15) is 9.18 Å². The van der Waals surface area contributed by atoms with Crippen LogP contribution in [0.1, 0.15) is 26.7 Å². The van der Waals surface area contributed by atoms with Gasteiger partial charge < -0.3 is 4.74 Å². The van der Waals surface area contributed by atoms with Crippen molar-refractivity contribution in [3.8, 4) is 5.75 Å². The van der Waals surface area contributed by atoms with Crippen LogP contribution in [-0.4, -0.2) is 15.5 Å². The first kappa shape index (κ1) is 16.3. The molecule has 2 aromatic rings. The zero-order valence-electron chi connectivity index (χ0n) is 12.9. The molecule has 0 atom stereocenters. The minimum Gasteiger partial charge on any atom is -0.489 e. The molecule has 1 aromatic carbocycles. The molecule has 0 amide bonds. The Labute approximate surface area is 141 Å². The van der Waals surface area contributed by atoms with Crippen molar-refractivity contribution in [1.29, 1.82) is 0 Å². The van der Waals surface area contributed by atoms with Crippen molar-refractivity contribution in [3.63, 3.8) is 0 Å². The summed E-state index contributed by atoms with van der Waals surface area (Å²) in [5.41, 5.74) is 0.118. The van der Waals surface area contributed by atoms with E-state index in [0.717, 1.165) is 24.2 Å². The summed E-state index contributed by atoms with van der Waals surface area (Å²) in [5, 5.41) is 0.204. The number of nitrogens with zero attached hydrogens (tertiary/aromatic N) is 3. The zero-order chi connectivity index (χ0) is 16.6. The quantitative estimate of drug-likeness (QED) is 0.846. The van der Waals surface area contributed by atoms with Crippen molar-refractivity contribution in [2.75, 3.05) is 0 Å². The number of aromatic nitrogens is 2. The van der Waals surface area contributed by atoms with Crippen molar-refractivity contribution >= 4 is 28.6 Å². The van der Waals surface area contributed by atoms with E-state index >= 15 is 0 Å². The van der Waals surface area contributed by atoms with Crippen LogP contribution in [0, 0.1) is 5.82 Å². The highest BCUT2D eigenvalue weighted by Crippen LogP contribution is 2.32. The minimum atomic E-state index is -0.540. The maximum atomic E-state index is 14.2. The molecule has 1 aliphatic rings. The third-order valence-electron chi connectivity index (χ3n) is 3.47. The van der Waals surface area contributed by atoms with Crippen molar-refractivity contribution < 1.29 is 9.13 Å². The molecule has 0 fully saturated rings. The van der Waals surface area contributed by atoms with Crippen LogP contribution in [0.3, 0.4) is 0 Å². The molecule has 8 heteroatoms. The van der Waals surface area contributed by atoms with Gasteiger partial charge in [0, 0.05) is 19.2 Å². The number of ether oxygens (including phenoxy) is 1. The molecule has 0 bridgehead atoms. The summed E-state index contributed by atoms with van der Waals surface area (Å²) in [4.78, 5) is 16.7. The Morgan fingerprint density at radius 3 is 2.70 bits per heavy atom. The second kappa shape index (κ2) is 6.49. The number of hydrogen-bond donors (Lipinski definition) is 0. The van der Waals surface area contributed by atoms with E-state index in [1.54, 1.807) is 4.68 Å². The smallest absolute Gasteiger partial charge is 0.325 e. The van der Waals surface area contributed by atoms with Gasteiger partial charge in [0.2, 0.25) is 4.80 Å². The molecule has 0 radical (unpaired) electrons. The SMILES string of the molecule is CC(C)Oc1cc(N=c2sc(=O)n3n2CCCC3)c(F)cc1Cl. The van der Waals surface area contributed by atoms with Gasteiger partial charge in [0.25, 0.3) is 0 Å². The lowest BCUT2D eigenvalue weighted by molar-refractivity contribution is 0.242. The Hall–Kier alpha value is -1.60. The van der Waals surface area contributed by atoms with Crippen LogP contribution in [0.15, 0.2) is 21.9 Å². The molecular formula is C15H17ClFN3O2S. The molecule has 124 valence electrons. The first-order chi connectivity index (χ1) is 11.0. The van der Waals surface area contributed by atoms with Crippen LogP contribution < -0.4 is 14.4 Å². The van der Waals surface area contributed by atoms with Crippen molar-refractivity contribution in [3.05, 3.63) is 37.4 Å². The Bertz CT molecular complexity index is 853. The number of benzene rings is 1. The summed E-state index contributed by atoms with van der Waals surface area (Å²) in [6.45, 7) is 5.11. The molecule has 1 aliphatic heterocycles. The van der Waals surface area contributed by atoms with Crippen molar-refractivity contribution in [2.24, 2.45) is 4.99 Å². The summed E-state index contributed by atoms with van der Waals surface area (Å²) in [6.07, 6.45) is 1.87. The average Bonchev–Trinajstić information content (AvgIpc) is 2.81. The van der Waals surface area contributed by atoms with Crippen LogP contribution in [-0.2, 0) is 13.1 Å². The van der Waals surface area contributed by atoms with E-state index in [2.05, 4.69) is 4.99 Å². The fourth-order valence-electron chi connectivity index (χ4n) is 2.47. The van der Waals surface area contributed by atoms with Gasteiger partial charge in [-0.15, -0.1) is 0 Å². The normalized spacial score (nSPS) is 15.1. The van der Waals surface area contributed by atoms with E-state index in [-0.39, 0.29) is 21.7 Å². The van der Waals surface area contributed by atoms with E-state index in [0.29, 0.717) is 23.6 Å². The van der Waals surface area contributed by atoms with Crippen LogP contribution in [0.4, 0.5) is 10.1 Å². The number of halogens is 2. The van der Waals surface area contributed by atoms with Gasteiger partial charge in [0.15, 0.2) is 5.82 Å². The molecule has 0 saturated carbocycles. The third-order valence-corrected chi connectivity index (χ3v) is 4.64. The summed E-state index contributed by atoms with van der Waals surface area (Å²) in [5.74, 6) is -0.158. The predicted octanol–water partition coefficient (Wildman–Crippen LogP) is 3.32. The van der Waals surface area contributed by atoms with Gasteiger partial charge in [-0.1, -0.05) is 11.6 Å². The summed E-state index contributed by atoms with van der Waals surface area (Å²) >= 11 is 7.03. The minimum absolute atomic E-state index is 0.0727. The first-order valence-corrected chi connectivity index (χ1v) is 8.66. The van der Waals surface area contributed by atoms with Crippen LogP contribution in [0.5, 0.6) is 5.75 Å². The first-order valence-electron chi connectivity index (χ1n) is 7.47. The second-order valence-corrected chi connectivity index (χ2v) is 6.94. The molecule has 0 spiro atoms. The van der Waals surface area contributed by atoms with Gasteiger partial charge in [-0.25, -0.2) is 14.1 Å². The monoisotopic (exact) mass is 357 g/mol. The highest BCUT2D eigenvalue weighted by atomic mass is 35.5. The van der Waals surface area contributed by atoms with E-state index in [1.807, 2.05) is 18.5 Å². The molecule has 0 unspecified atom stereocenters. The lowest BCUT2D eigenvalue weighted by Gasteiger charge is -2.16. The van der Waals surface area contributed by atoms with Gasteiger partial charge in [-0.2, -0.15) is 0 Å². The number of fused-ring (bicyclic) bond motifs is 1. The lowest BCUT2D eigenvalue weighted by Crippen LogP contribution is -2.31. The second-order valence-electron chi connectivity index (χ2n) is 5.62. The van der Waals surface area contributed by atoms with Gasteiger partial charge in [0.1, 0.15) is 11.4 Å². The largest absolute Gasteiger partial charge is 0.489 e. The summed E-state index contributed by atoms with van der Waals surface area (Å²) in [6, 6.07) is 2.66. The molecule has 2 heterocycles. The number of rotatable bonds is 3. The molecule has 23 heavy (non-hydrogen) atoms. The van der Waals surface area contributed by atoms with Gasteiger partial charge in [-0.3, -0.25) is 9.48 Å². The fourth-order valence-corrected chi connectivity index (χ4v) is 3.55. The summed E-state index contributed by atoms with van der Waals surface area (Å²) in [7, 11) is 0. The maximum absolute atomic E-state index is 14.2. The molecule has 0 saturated heterocycles. The van der Waals surface area contributed by atoms with Gasteiger partial charge in [0.05, 0.1) is 11.1 Å². The Kier molecular flexibility index (Phi) is 4.59. The molecule has 3 rings (SSSR count). The average molecular weight is 358 g/mol. The highest BCUT2D eigenvalue weighted by Gasteiger charge is 2.15. The van der Waals surface area contributed by atoms with Crippen LogP contribution >= 0.6 is 22.9 Å². The van der Waals surface area contributed by atoms with Crippen LogP contribution in [0.2, 0.25) is 5.02 Å². The predicted molar refractivity (Wildman–Crippen MR) is 88.2 cm³/mol. The van der Waals surface area contributed by atoms with Gasteiger partial charge >= 0.3 is 4.87 Å².